The van der Waals surface area contributed by atoms with Crippen LogP contribution in [-0.2, 0) is 11.4 Å². The average molecular weight is 297 g/mol. The second-order valence-electron chi connectivity index (χ2n) is 5.57. The summed E-state index contributed by atoms with van der Waals surface area (Å²) in [6, 6.07) is 15.2. The van der Waals surface area contributed by atoms with Crippen molar-refractivity contribution in [1.82, 2.24) is 0 Å². The van der Waals surface area contributed by atoms with Gasteiger partial charge in [0, 0.05) is 11.6 Å². The smallest absolute Gasteiger partial charge is 0.228 e. The Bertz CT molecular complexity index is 684. The molecule has 2 atom stereocenters. The number of carbonyl (C=O) groups excluding carboxylic acids is 1. The molecule has 0 heterocycles. The van der Waals surface area contributed by atoms with Crippen LogP contribution in [0, 0.1) is 5.92 Å². The number of rotatable bonds is 5. The molecule has 1 saturated carbocycles. The topological polar surface area (TPSA) is 58.6 Å². The highest BCUT2D eigenvalue weighted by atomic mass is 16.5. The van der Waals surface area contributed by atoms with Crippen LogP contribution in [-0.4, -0.2) is 18.1 Å². The Hall–Kier alpha value is -2.33. The van der Waals surface area contributed by atoms with E-state index in [-0.39, 0.29) is 24.3 Å². The molecule has 1 aliphatic rings. The first-order valence-electron chi connectivity index (χ1n) is 7.36. The monoisotopic (exact) mass is 297 g/mol. The van der Waals surface area contributed by atoms with Gasteiger partial charge in [-0.15, -0.1) is 0 Å². The first-order chi connectivity index (χ1) is 10.7. The molecule has 1 aliphatic carbocycles. The molecule has 22 heavy (non-hydrogen) atoms. The van der Waals surface area contributed by atoms with Crippen LogP contribution in [0.4, 0.5) is 5.69 Å². The van der Waals surface area contributed by atoms with Gasteiger partial charge in [-0.1, -0.05) is 24.3 Å². The zero-order chi connectivity index (χ0) is 15.5. The molecule has 2 aromatic rings. The maximum absolute atomic E-state index is 12.3. The largest absolute Gasteiger partial charge is 0.497 e. The van der Waals surface area contributed by atoms with Crippen LogP contribution >= 0.6 is 0 Å². The van der Waals surface area contributed by atoms with Crippen LogP contribution in [0.15, 0.2) is 48.5 Å². The van der Waals surface area contributed by atoms with Gasteiger partial charge in [-0.25, -0.2) is 0 Å². The van der Waals surface area contributed by atoms with Gasteiger partial charge in [0.2, 0.25) is 5.91 Å². The van der Waals surface area contributed by atoms with Gasteiger partial charge in [0.15, 0.2) is 0 Å². The van der Waals surface area contributed by atoms with Crippen molar-refractivity contribution < 1.29 is 14.6 Å². The van der Waals surface area contributed by atoms with Crippen molar-refractivity contribution in [3.63, 3.8) is 0 Å². The lowest BCUT2D eigenvalue weighted by atomic mass is 10.1. The molecule has 0 bridgehead atoms. The third kappa shape index (κ3) is 3.12. The summed E-state index contributed by atoms with van der Waals surface area (Å²) in [5.74, 6) is 1.11. The molecular weight excluding hydrogens is 278 g/mol. The van der Waals surface area contributed by atoms with Gasteiger partial charge >= 0.3 is 0 Å². The normalized spacial score (nSPS) is 19.5. The molecule has 4 nitrogen and oxygen atoms in total. The highest BCUT2D eigenvalue weighted by molar-refractivity contribution is 5.95. The minimum Gasteiger partial charge on any atom is -0.497 e. The first kappa shape index (κ1) is 14.6. The molecule has 2 N–H and O–H groups in total. The molecule has 0 aromatic heterocycles. The van der Waals surface area contributed by atoms with E-state index in [2.05, 4.69) is 5.32 Å². The second kappa shape index (κ2) is 6.20. The van der Waals surface area contributed by atoms with Crippen molar-refractivity contribution in [3.05, 3.63) is 59.7 Å². The van der Waals surface area contributed by atoms with Crippen LogP contribution in [0.1, 0.15) is 23.5 Å². The molecule has 1 fully saturated rings. The summed E-state index contributed by atoms with van der Waals surface area (Å²) in [7, 11) is 1.64. The van der Waals surface area contributed by atoms with Gasteiger partial charge in [0.25, 0.3) is 0 Å². The second-order valence-corrected chi connectivity index (χ2v) is 5.57. The number of aliphatic hydroxyl groups excluding tert-OH is 1. The third-order valence-corrected chi connectivity index (χ3v) is 4.03. The van der Waals surface area contributed by atoms with Gasteiger partial charge in [-0.2, -0.15) is 0 Å². The van der Waals surface area contributed by atoms with Crippen molar-refractivity contribution in [3.8, 4) is 5.75 Å². The van der Waals surface area contributed by atoms with Crippen LogP contribution in [0.25, 0.3) is 0 Å². The van der Waals surface area contributed by atoms with Crippen LogP contribution in [0.3, 0.4) is 0 Å². The van der Waals surface area contributed by atoms with Gasteiger partial charge < -0.3 is 15.2 Å². The predicted molar refractivity (Wildman–Crippen MR) is 84.8 cm³/mol. The van der Waals surface area contributed by atoms with E-state index in [9.17, 15) is 4.79 Å². The fourth-order valence-electron chi connectivity index (χ4n) is 2.71. The van der Waals surface area contributed by atoms with Gasteiger partial charge in [0.1, 0.15) is 5.75 Å². The Morgan fingerprint density at radius 1 is 1.27 bits per heavy atom. The lowest BCUT2D eigenvalue weighted by Gasteiger charge is -2.07. The lowest BCUT2D eigenvalue weighted by molar-refractivity contribution is -0.117. The number of amides is 1. The third-order valence-electron chi connectivity index (χ3n) is 4.03. The van der Waals surface area contributed by atoms with Crippen LogP contribution in [0.2, 0.25) is 0 Å². The molecule has 0 spiro atoms. The summed E-state index contributed by atoms with van der Waals surface area (Å²) in [5.41, 5.74) is 2.66. The van der Waals surface area contributed by atoms with Crippen molar-refractivity contribution in [2.24, 2.45) is 5.92 Å². The van der Waals surface area contributed by atoms with E-state index in [1.165, 1.54) is 0 Å². The molecule has 3 rings (SSSR count). The Kier molecular flexibility index (Phi) is 4.11. The highest BCUT2D eigenvalue weighted by Crippen LogP contribution is 2.48. The Morgan fingerprint density at radius 2 is 2.09 bits per heavy atom. The molecule has 0 saturated heterocycles. The van der Waals surface area contributed by atoms with Crippen molar-refractivity contribution in [2.45, 2.75) is 18.9 Å². The standard InChI is InChI=1S/C18H19NO3/c1-22-15-7-3-5-13(9-15)16-10-17(16)18(21)19-14-6-2-4-12(8-14)11-20/h2-9,16-17,20H,10-11H2,1H3,(H,19,21). The van der Waals surface area contributed by atoms with Gasteiger partial charge in [0.05, 0.1) is 13.7 Å². The highest BCUT2D eigenvalue weighted by Gasteiger charge is 2.44. The van der Waals surface area contributed by atoms with E-state index in [0.717, 1.165) is 29.0 Å². The van der Waals surface area contributed by atoms with Crippen molar-refractivity contribution in [2.75, 3.05) is 12.4 Å². The van der Waals surface area contributed by atoms with E-state index in [1.54, 1.807) is 13.2 Å². The van der Waals surface area contributed by atoms with E-state index < -0.39 is 0 Å². The van der Waals surface area contributed by atoms with Crippen LogP contribution in [0.5, 0.6) is 5.75 Å². The number of carbonyl (C=O) groups is 1. The maximum Gasteiger partial charge on any atom is 0.228 e. The number of aliphatic hydroxyl groups is 1. The molecule has 2 unspecified atom stereocenters. The predicted octanol–water partition coefficient (Wildman–Crippen LogP) is 2.93. The summed E-state index contributed by atoms with van der Waals surface area (Å²) in [5, 5.41) is 12.1. The minimum absolute atomic E-state index is 0.00453. The quantitative estimate of drug-likeness (QED) is 0.892. The first-order valence-corrected chi connectivity index (χ1v) is 7.36. The van der Waals surface area contributed by atoms with E-state index >= 15 is 0 Å². The van der Waals surface area contributed by atoms with Gasteiger partial charge in [-0.3, -0.25) is 4.79 Å². The van der Waals surface area contributed by atoms with E-state index in [0.29, 0.717) is 0 Å². The summed E-state index contributed by atoms with van der Waals surface area (Å²) >= 11 is 0. The minimum atomic E-state index is -0.0282. The zero-order valence-corrected chi connectivity index (χ0v) is 12.5. The SMILES string of the molecule is COc1cccc(C2CC2C(=O)Nc2cccc(CO)c2)c1. The Morgan fingerprint density at radius 3 is 2.86 bits per heavy atom. The maximum atomic E-state index is 12.3. The van der Waals surface area contributed by atoms with E-state index in [4.69, 9.17) is 9.84 Å². The summed E-state index contributed by atoms with van der Waals surface area (Å²) < 4.78 is 5.23. The molecule has 0 radical (unpaired) electrons. The van der Waals surface area contributed by atoms with Crippen molar-refractivity contribution >= 4 is 11.6 Å². The molecule has 2 aromatic carbocycles. The lowest BCUT2D eigenvalue weighted by Crippen LogP contribution is -2.14. The number of nitrogens with one attached hydrogen (secondary N) is 1. The number of hydrogen-bond donors (Lipinski definition) is 2. The number of anilines is 1. The fourth-order valence-corrected chi connectivity index (χ4v) is 2.71. The fraction of sp³-hybridized carbons (Fsp3) is 0.278. The number of ether oxygens (including phenoxy) is 1. The number of hydrogen-bond acceptors (Lipinski definition) is 3. The van der Waals surface area contributed by atoms with Crippen molar-refractivity contribution in [1.29, 1.82) is 0 Å². The Balaban J connectivity index is 1.65. The van der Waals surface area contributed by atoms with Gasteiger partial charge in [-0.05, 0) is 47.7 Å². The summed E-state index contributed by atoms with van der Waals surface area (Å²) in [6.07, 6.45) is 0.860. The summed E-state index contributed by atoms with van der Waals surface area (Å²) in [4.78, 5) is 12.3. The summed E-state index contributed by atoms with van der Waals surface area (Å²) in [6.45, 7) is -0.0282. The number of methoxy groups -OCH3 is 1. The molecular formula is C18H19NO3. The zero-order valence-electron chi connectivity index (χ0n) is 12.5. The number of benzene rings is 2. The molecule has 4 heteroatoms. The van der Waals surface area contributed by atoms with Crippen LogP contribution < -0.4 is 10.1 Å². The Labute approximate surface area is 129 Å². The molecule has 0 aliphatic heterocycles. The van der Waals surface area contributed by atoms with E-state index in [1.807, 2.05) is 42.5 Å². The molecule has 1 amide bonds. The average Bonchev–Trinajstić information content (AvgIpc) is 3.36. The molecule has 114 valence electrons.